The number of ketones is 1. The standard InChI is InChI=1S/C22H23NO6/c1-13-11-28-12-23(13)10-16-17(24)8-7-15-20(25)19(29-22(15)16)9-14-5-4-6-18(26-2)21(14)27-3/h4-9,13,24H,10-12H2,1-3H3/b19-9-/t13-/m1/s1. The molecule has 0 aliphatic carbocycles. The number of carbonyl (C=O) groups is 1. The number of Topliss-reactive ketones (excluding diaryl/α,β-unsaturated/α-hetero) is 1. The Morgan fingerprint density at radius 3 is 2.76 bits per heavy atom. The smallest absolute Gasteiger partial charge is 0.231 e. The predicted molar refractivity (Wildman–Crippen MR) is 106 cm³/mol. The summed E-state index contributed by atoms with van der Waals surface area (Å²) in [6.45, 7) is 3.59. The van der Waals surface area contributed by atoms with Crippen LogP contribution < -0.4 is 14.2 Å². The van der Waals surface area contributed by atoms with Gasteiger partial charge in [0.25, 0.3) is 0 Å². The van der Waals surface area contributed by atoms with Crippen LogP contribution in [0.3, 0.4) is 0 Å². The van der Waals surface area contributed by atoms with Crippen LogP contribution in [0.25, 0.3) is 6.08 Å². The first kappa shape index (κ1) is 19.3. The summed E-state index contributed by atoms with van der Waals surface area (Å²) in [4.78, 5) is 15.0. The molecule has 1 atom stereocenters. The molecule has 2 aliphatic heterocycles. The molecule has 152 valence electrons. The molecule has 0 amide bonds. The summed E-state index contributed by atoms with van der Waals surface area (Å²) >= 11 is 0. The topological polar surface area (TPSA) is 77.5 Å². The van der Waals surface area contributed by atoms with E-state index in [1.807, 2.05) is 12.1 Å². The SMILES string of the molecule is COc1cccc(/C=C2\Oc3c(ccc(O)c3CN3COC[C@H]3C)C2=O)c1OC. The van der Waals surface area contributed by atoms with Crippen molar-refractivity contribution >= 4 is 11.9 Å². The Hall–Kier alpha value is -3.03. The minimum absolute atomic E-state index is 0.0934. The Morgan fingerprint density at radius 2 is 2.07 bits per heavy atom. The van der Waals surface area contributed by atoms with Crippen LogP contribution in [-0.4, -0.2) is 49.4 Å². The van der Waals surface area contributed by atoms with Crippen molar-refractivity contribution in [1.29, 1.82) is 0 Å². The van der Waals surface area contributed by atoms with E-state index < -0.39 is 0 Å². The zero-order valence-corrected chi connectivity index (χ0v) is 16.6. The highest BCUT2D eigenvalue weighted by molar-refractivity contribution is 6.15. The summed E-state index contributed by atoms with van der Waals surface area (Å²) in [5.41, 5.74) is 1.67. The third kappa shape index (κ3) is 3.43. The van der Waals surface area contributed by atoms with Gasteiger partial charge in [-0.05, 0) is 31.2 Å². The quantitative estimate of drug-likeness (QED) is 0.777. The van der Waals surface area contributed by atoms with Crippen LogP contribution in [0.4, 0.5) is 0 Å². The normalized spacial score (nSPS) is 20.0. The van der Waals surface area contributed by atoms with Crippen LogP contribution in [0.5, 0.6) is 23.0 Å². The van der Waals surface area contributed by atoms with Crippen molar-refractivity contribution in [3.8, 4) is 23.0 Å². The number of hydrogen-bond acceptors (Lipinski definition) is 7. The molecule has 4 rings (SSSR count). The highest BCUT2D eigenvalue weighted by Gasteiger charge is 2.33. The van der Waals surface area contributed by atoms with E-state index >= 15 is 0 Å². The summed E-state index contributed by atoms with van der Waals surface area (Å²) < 4.78 is 22.2. The lowest BCUT2D eigenvalue weighted by Gasteiger charge is -2.20. The highest BCUT2D eigenvalue weighted by atomic mass is 16.5. The number of phenolic OH excluding ortho intramolecular Hbond substituents is 1. The molecule has 2 aromatic carbocycles. The van der Waals surface area contributed by atoms with E-state index in [1.54, 1.807) is 32.4 Å². The molecule has 7 nitrogen and oxygen atoms in total. The number of aromatic hydroxyl groups is 1. The second-order valence-electron chi connectivity index (χ2n) is 7.06. The van der Waals surface area contributed by atoms with Crippen molar-refractivity contribution in [3.63, 3.8) is 0 Å². The number of nitrogens with zero attached hydrogens (tertiary/aromatic N) is 1. The molecule has 0 unspecified atom stereocenters. The van der Waals surface area contributed by atoms with Crippen molar-refractivity contribution in [2.75, 3.05) is 27.6 Å². The predicted octanol–water partition coefficient (Wildman–Crippen LogP) is 3.20. The number of fused-ring (bicyclic) bond motifs is 1. The van der Waals surface area contributed by atoms with Crippen LogP contribution >= 0.6 is 0 Å². The maximum Gasteiger partial charge on any atom is 0.231 e. The number of ether oxygens (including phenoxy) is 4. The van der Waals surface area contributed by atoms with Crippen molar-refractivity contribution in [2.24, 2.45) is 0 Å². The molecule has 7 heteroatoms. The Morgan fingerprint density at radius 1 is 1.24 bits per heavy atom. The Bertz CT molecular complexity index is 984. The summed E-state index contributed by atoms with van der Waals surface area (Å²) in [7, 11) is 3.10. The van der Waals surface area contributed by atoms with Gasteiger partial charge < -0.3 is 24.1 Å². The van der Waals surface area contributed by atoms with E-state index in [1.165, 1.54) is 6.07 Å². The fourth-order valence-electron chi connectivity index (χ4n) is 3.59. The lowest BCUT2D eigenvalue weighted by Crippen LogP contribution is -2.27. The molecular weight excluding hydrogens is 374 g/mol. The van der Waals surface area contributed by atoms with Gasteiger partial charge in [0.1, 0.15) is 11.5 Å². The van der Waals surface area contributed by atoms with Crippen molar-refractivity contribution in [3.05, 3.63) is 52.8 Å². The van der Waals surface area contributed by atoms with Gasteiger partial charge in [-0.25, -0.2) is 0 Å². The minimum atomic E-state index is -0.239. The molecule has 29 heavy (non-hydrogen) atoms. The van der Waals surface area contributed by atoms with Crippen LogP contribution in [-0.2, 0) is 11.3 Å². The minimum Gasteiger partial charge on any atom is -0.507 e. The van der Waals surface area contributed by atoms with Crippen molar-refractivity contribution in [1.82, 2.24) is 4.90 Å². The third-order valence-corrected chi connectivity index (χ3v) is 5.24. The van der Waals surface area contributed by atoms with Crippen molar-refractivity contribution < 1.29 is 28.8 Å². The number of para-hydroxylation sites is 1. The number of phenols is 1. The summed E-state index contributed by atoms with van der Waals surface area (Å²) in [5, 5.41) is 10.4. The number of methoxy groups -OCH3 is 2. The Kier molecular flexibility index (Phi) is 5.17. The maximum absolute atomic E-state index is 12.9. The number of allylic oxidation sites excluding steroid dienone is 1. The second kappa shape index (κ2) is 7.77. The van der Waals surface area contributed by atoms with Crippen molar-refractivity contribution in [2.45, 2.75) is 19.5 Å². The number of carbonyl (C=O) groups excluding carboxylic acids is 1. The number of benzene rings is 2. The summed E-state index contributed by atoms with van der Waals surface area (Å²) in [6, 6.07) is 8.75. The van der Waals surface area contributed by atoms with Crippen LogP contribution in [0.15, 0.2) is 36.1 Å². The summed E-state index contributed by atoms with van der Waals surface area (Å²) in [5.74, 6) is 1.49. The van der Waals surface area contributed by atoms with E-state index in [4.69, 9.17) is 18.9 Å². The first-order valence-electron chi connectivity index (χ1n) is 9.35. The van der Waals surface area contributed by atoms with Gasteiger partial charge in [0.2, 0.25) is 5.78 Å². The van der Waals surface area contributed by atoms with E-state index in [0.29, 0.717) is 53.8 Å². The van der Waals surface area contributed by atoms with Gasteiger partial charge in [0, 0.05) is 18.2 Å². The average Bonchev–Trinajstić information content (AvgIpc) is 3.27. The molecule has 0 saturated carbocycles. The van der Waals surface area contributed by atoms with E-state index in [0.717, 1.165) is 0 Å². The molecule has 2 aliphatic rings. The fraction of sp³-hybridized carbons (Fsp3) is 0.318. The van der Waals surface area contributed by atoms with Crippen LogP contribution in [0.1, 0.15) is 28.4 Å². The summed E-state index contributed by atoms with van der Waals surface area (Å²) in [6.07, 6.45) is 1.63. The number of hydrogen-bond donors (Lipinski definition) is 1. The monoisotopic (exact) mass is 397 g/mol. The largest absolute Gasteiger partial charge is 0.507 e. The lowest BCUT2D eigenvalue weighted by atomic mass is 10.0. The maximum atomic E-state index is 12.9. The fourth-order valence-corrected chi connectivity index (χ4v) is 3.59. The zero-order valence-electron chi connectivity index (χ0n) is 16.6. The Balaban J connectivity index is 1.70. The molecule has 1 N–H and O–H groups in total. The molecule has 0 radical (unpaired) electrons. The molecule has 0 spiro atoms. The first-order valence-corrected chi connectivity index (χ1v) is 9.35. The van der Waals surface area contributed by atoms with E-state index in [2.05, 4.69) is 11.8 Å². The van der Waals surface area contributed by atoms with E-state index in [9.17, 15) is 9.90 Å². The molecule has 2 heterocycles. The van der Waals surface area contributed by atoms with Gasteiger partial charge in [-0.3, -0.25) is 9.69 Å². The average molecular weight is 397 g/mol. The van der Waals surface area contributed by atoms with Crippen LogP contribution in [0.2, 0.25) is 0 Å². The lowest BCUT2D eigenvalue weighted by molar-refractivity contribution is 0.101. The van der Waals surface area contributed by atoms with Gasteiger partial charge in [0.05, 0.1) is 38.7 Å². The van der Waals surface area contributed by atoms with E-state index in [-0.39, 0.29) is 23.3 Å². The first-order chi connectivity index (χ1) is 14.0. The van der Waals surface area contributed by atoms with Gasteiger partial charge in [0.15, 0.2) is 17.3 Å². The Labute approximate surface area is 169 Å². The molecule has 1 saturated heterocycles. The van der Waals surface area contributed by atoms with Gasteiger partial charge in [-0.15, -0.1) is 0 Å². The molecule has 0 aromatic heterocycles. The van der Waals surface area contributed by atoms with Gasteiger partial charge in [-0.2, -0.15) is 0 Å². The number of rotatable bonds is 5. The van der Waals surface area contributed by atoms with Gasteiger partial charge in [-0.1, -0.05) is 12.1 Å². The molecule has 1 fully saturated rings. The zero-order chi connectivity index (χ0) is 20.5. The second-order valence-corrected chi connectivity index (χ2v) is 7.06. The highest BCUT2D eigenvalue weighted by Crippen LogP contribution is 2.41. The third-order valence-electron chi connectivity index (χ3n) is 5.24. The van der Waals surface area contributed by atoms with Crippen LogP contribution in [0, 0.1) is 0 Å². The van der Waals surface area contributed by atoms with Gasteiger partial charge >= 0.3 is 0 Å². The molecule has 0 bridgehead atoms. The molecular formula is C22H23NO6. The molecule has 2 aromatic rings.